The molecule has 2 heterocycles. The van der Waals surface area contributed by atoms with Crippen LogP contribution in [0.5, 0.6) is 5.75 Å². The van der Waals surface area contributed by atoms with Crippen molar-refractivity contribution in [3.8, 4) is 28.3 Å². The minimum absolute atomic E-state index is 0.366. The fraction of sp³-hybridized carbons (Fsp3) is 0.161. The van der Waals surface area contributed by atoms with Crippen molar-refractivity contribution in [1.82, 2.24) is 9.55 Å². The summed E-state index contributed by atoms with van der Waals surface area (Å²) in [6.45, 7) is 2.35. The maximum Gasteiger partial charge on any atom is 0.327 e. The number of aromatic nitrogens is 2. The van der Waals surface area contributed by atoms with E-state index in [0.29, 0.717) is 25.3 Å². The van der Waals surface area contributed by atoms with Gasteiger partial charge in [0.25, 0.3) is 0 Å². The van der Waals surface area contributed by atoms with Gasteiger partial charge in [-0.1, -0.05) is 54.6 Å². The van der Waals surface area contributed by atoms with Gasteiger partial charge in [0.15, 0.2) is 0 Å². The number of hydrogen-bond donors (Lipinski definition) is 1. The van der Waals surface area contributed by atoms with Crippen LogP contribution in [0.25, 0.3) is 22.6 Å². The summed E-state index contributed by atoms with van der Waals surface area (Å²) in [4.78, 5) is 16.6. The van der Waals surface area contributed by atoms with Gasteiger partial charge in [-0.15, -0.1) is 0 Å². The first-order chi connectivity index (χ1) is 18.1. The molecular formula is C31H28N2O4. The summed E-state index contributed by atoms with van der Waals surface area (Å²) < 4.78 is 13.8. The number of benzene rings is 3. The van der Waals surface area contributed by atoms with E-state index in [2.05, 4.69) is 4.98 Å². The molecule has 0 bridgehead atoms. The number of aryl methyl sites for hydroxylation is 1. The first kappa shape index (κ1) is 24.1. The molecule has 1 atom stereocenters. The molecule has 0 saturated carbocycles. The Hall–Kier alpha value is -4.58. The number of rotatable bonds is 10. The van der Waals surface area contributed by atoms with Crippen molar-refractivity contribution in [2.24, 2.45) is 0 Å². The third-order valence-electron chi connectivity index (χ3n) is 6.34. The molecule has 0 aliphatic heterocycles. The van der Waals surface area contributed by atoms with E-state index < -0.39 is 12.0 Å². The molecule has 0 aliphatic carbocycles. The number of nitrogens with zero attached hydrogens (tertiary/aromatic N) is 2. The van der Waals surface area contributed by atoms with Gasteiger partial charge in [-0.25, -0.2) is 9.78 Å². The van der Waals surface area contributed by atoms with Crippen LogP contribution < -0.4 is 4.74 Å². The number of aliphatic carboxylic acids is 1. The third-order valence-corrected chi connectivity index (χ3v) is 6.34. The number of carboxylic acid groups (broad SMARTS) is 1. The summed E-state index contributed by atoms with van der Waals surface area (Å²) in [5.41, 5.74) is 4.67. The number of oxazole rings is 1. The molecule has 0 fully saturated rings. The minimum atomic E-state index is -0.865. The van der Waals surface area contributed by atoms with E-state index in [0.717, 1.165) is 39.5 Å². The molecule has 0 saturated heterocycles. The normalized spacial score (nSPS) is 11.8. The molecule has 3 aromatic carbocycles. The lowest BCUT2D eigenvalue weighted by atomic mass is 9.98. The molecule has 2 aromatic heterocycles. The van der Waals surface area contributed by atoms with Gasteiger partial charge in [-0.05, 0) is 54.4 Å². The Morgan fingerprint density at radius 2 is 1.62 bits per heavy atom. The Bertz CT molecular complexity index is 1460. The molecule has 6 heteroatoms. The van der Waals surface area contributed by atoms with Crippen LogP contribution in [0.4, 0.5) is 0 Å². The molecule has 37 heavy (non-hydrogen) atoms. The lowest BCUT2D eigenvalue weighted by Crippen LogP contribution is -2.20. The fourth-order valence-corrected chi connectivity index (χ4v) is 4.39. The highest BCUT2D eigenvalue weighted by Crippen LogP contribution is 2.32. The van der Waals surface area contributed by atoms with Gasteiger partial charge in [-0.3, -0.25) is 0 Å². The van der Waals surface area contributed by atoms with E-state index in [4.69, 9.17) is 9.15 Å². The zero-order valence-electron chi connectivity index (χ0n) is 20.6. The summed E-state index contributed by atoms with van der Waals surface area (Å²) in [7, 11) is 0. The molecule has 1 N–H and O–H groups in total. The van der Waals surface area contributed by atoms with Gasteiger partial charge in [0.2, 0.25) is 5.89 Å². The standard InChI is InChI=1S/C31H28N2O4/c1-22-27(32-30(37-22)25-12-6-3-7-13-25)16-19-36-29-15-14-23(20-26(29)24-10-4-2-5-11-24)21-28(31(34)35)33-17-8-9-18-33/h2-15,17-18,20,28H,16,19,21H2,1H3,(H,34,35)/t28-/m0/s1. The van der Waals surface area contributed by atoms with Crippen LogP contribution in [0.1, 0.15) is 23.1 Å². The molecule has 0 spiro atoms. The highest BCUT2D eigenvalue weighted by molar-refractivity contribution is 5.74. The van der Waals surface area contributed by atoms with Crippen LogP contribution in [0.15, 0.2) is 108 Å². The van der Waals surface area contributed by atoms with Crippen LogP contribution in [0.3, 0.4) is 0 Å². The van der Waals surface area contributed by atoms with Crippen molar-refractivity contribution in [2.45, 2.75) is 25.8 Å². The van der Waals surface area contributed by atoms with Crippen molar-refractivity contribution >= 4 is 5.97 Å². The Kier molecular flexibility index (Phi) is 7.17. The predicted molar refractivity (Wildman–Crippen MR) is 143 cm³/mol. The molecule has 0 aliphatic rings. The first-order valence-electron chi connectivity index (χ1n) is 12.3. The number of carbonyl (C=O) groups is 1. The second-order valence-electron chi connectivity index (χ2n) is 8.87. The topological polar surface area (TPSA) is 77.5 Å². The maximum absolute atomic E-state index is 12.0. The summed E-state index contributed by atoms with van der Waals surface area (Å²) in [5.74, 6) is 1.27. The molecule has 5 rings (SSSR count). The molecular weight excluding hydrogens is 464 g/mol. The molecule has 0 amide bonds. The molecule has 6 nitrogen and oxygen atoms in total. The van der Waals surface area contributed by atoms with Crippen molar-refractivity contribution in [3.05, 3.63) is 120 Å². The number of carboxylic acids is 1. The average Bonchev–Trinajstić information content (AvgIpc) is 3.59. The summed E-state index contributed by atoms with van der Waals surface area (Å²) in [6.07, 6.45) is 4.53. The highest BCUT2D eigenvalue weighted by Gasteiger charge is 2.20. The second kappa shape index (κ2) is 11.0. The van der Waals surface area contributed by atoms with E-state index in [1.807, 2.05) is 97.9 Å². The maximum atomic E-state index is 12.0. The lowest BCUT2D eigenvalue weighted by Gasteiger charge is -2.17. The third kappa shape index (κ3) is 5.64. The highest BCUT2D eigenvalue weighted by atomic mass is 16.5. The summed E-state index contributed by atoms with van der Waals surface area (Å²) in [5, 5.41) is 9.81. The van der Waals surface area contributed by atoms with Crippen molar-refractivity contribution in [2.75, 3.05) is 6.61 Å². The van der Waals surface area contributed by atoms with Crippen LogP contribution in [0.2, 0.25) is 0 Å². The van der Waals surface area contributed by atoms with Crippen molar-refractivity contribution in [1.29, 1.82) is 0 Å². The molecule has 0 radical (unpaired) electrons. The van der Waals surface area contributed by atoms with E-state index in [1.165, 1.54) is 0 Å². The van der Waals surface area contributed by atoms with Crippen LogP contribution in [-0.4, -0.2) is 27.2 Å². The Balaban J connectivity index is 1.35. The van der Waals surface area contributed by atoms with Gasteiger partial charge >= 0.3 is 5.97 Å². The minimum Gasteiger partial charge on any atom is -0.493 e. The van der Waals surface area contributed by atoms with E-state index in [1.54, 1.807) is 17.0 Å². The Labute approximate surface area is 215 Å². The monoisotopic (exact) mass is 492 g/mol. The molecule has 5 aromatic rings. The largest absolute Gasteiger partial charge is 0.493 e. The average molecular weight is 493 g/mol. The Morgan fingerprint density at radius 3 is 2.30 bits per heavy atom. The SMILES string of the molecule is Cc1oc(-c2ccccc2)nc1CCOc1ccc(C[C@@H](C(=O)O)n2cccc2)cc1-c1ccccc1. The van der Waals surface area contributed by atoms with Crippen LogP contribution >= 0.6 is 0 Å². The second-order valence-corrected chi connectivity index (χ2v) is 8.87. The van der Waals surface area contributed by atoms with E-state index in [9.17, 15) is 9.90 Å². The molecule has 0 unspecified atom stereocenters. The van der Waals surface area contributed by atoms with Crippen molar-refractivity contribution in [3.63, 3.8) is 0 Å². The van der Waals surface area contributed by atoms with E-state index in [-0.39, 0.29) is 0 Å². The number of ether oxygens (including phenoxy) is 1. The summed E-state index contributed by atoms with van der Waals surface area (Å²) >= 11 is 0. The van der Waals surface area contributed by atoms with Crippen LogP contribution in [0, 0.1) is 6.92 Å². The van der Waals surface area contributed by atoms with Gasteiger partial charge in [-0.2, -0.15) is 0 Å². The first-order valence-corrected chi connectivity index (χ1v) is 12.3. The number of hydrogen-bond acceptors (Lipinski definition) is 4. The van der Waals surface area contributed by atoms with Gasteiger partial charge in [0, 0.05) is 36.4 Å². The smallest absolute Gasteiger partial charge is 0.327 e. The van der Waals surface area contributed by atoms with Crippen molar-refractivity contribution < 1.29 is 19.1 Å². The zero-order valence-corrected chi connectivity index (χ0v) is 20.6. The Morgan fingerprint density at radius 1 is 0.946 bits per heavy atom. The summed E-state index contributed by atoms with van der Waals surface area (Å²) in [6, 6.07) is 28.7. The quantitative estimate of drug-likeness (QED) is 0.237. The predicted octanol–water partition coefficient (Wildman–Crippen LogP) is 6.61. The van der Waals surface area contributed by atoms with Crippen LogP contribution in [-0.2, 0) is 17.6 Å². The van der Waals surface area contributed by atoms with Gasteiger partial charge in [0.1, 0.15) is 17.6 Å². The van der Waals surface area contributed by atoms with Gasteiger partial charge < -0.3 is 18.8 Å². The molecule has 186 valence electrons. The lowest BCUT2D eigenvalue weighted by molar-refractivity contribution is -0.140. The zero-order chi connectivity index (χ0) is 25.6. The van der Waals surface area contributed by atoms with Gasteiger partial charge in [0.05, 0.1) is 12.3 Å². The fourth-order valence-electron chi connectivity index (χ4n) is 4.39. The van der Waals surface area contributed by atoms with E-state index >= 15 is 0 Å².